The SMILES string of the molecule is CCCCCCCCCC(=O)Nc1sc2c(c1C(N)=O)CCCC2. The van der Waals surface area contributed by atoms with E-state index in [0.717, 1.165) is 44.1 Å². The lowest BCUT2D eigenvalue weighted by atomic mass is 9.95. The predicted octanol–water partition coefficient (Wildman–Crippen LogP) is 4.81. The molecule has 1 aliphatic rings. The molecule has 0 saturated heterocycles. The standard InChI is InChI=1S/C19H30N2O2S/c1-2-3-4-5-6-7-8-13-16(22)21-19-17(18(20)23)14-11-9-10-12-15(14)24-19/h2-13H2,1H3,(H2,20,23)(H,21,22). The van der Waals surface area contributed by atoms with E-state index in [1.165, 1.54) is 48.3 Å². The van der Waals surface area contributed by atoms with E-state index in [1.807, 2.05) is 0 Å². The normalized spacial score (nSPS) is 13.5. The van der Waals surface area contributed by atoms with Gasteiger partial charge in [-0.25, -0.2) is 0 Å². The molecule has 1 aromatic rings. The van der Waals surface area contributed by atoms with Crippen molar-refractivity contribution >= 4 is 28.2 Å². The molecule has 0 aliphatic heterocycles. The fourth-order valence-electron chi connectivity index (χ4n) is 3.35. The number of aryl methyl sites for hydroxylation is 1. The second-order valence-corrected chi connectivity index (χ2v) is 7.80. The predicted molar refractivity (Wildman–Crippen MR) is 101 cm³/mol. The van der Waals surface area contributed by atoms with Crippen molar-refractivity contribution in [3.63, 3.8) is 0 Å². The molecule has 3 N–H and O–H groups in total. The molecule has 1 aliphatic carbocycles. The Hall–Kier alpha value is -1.36. The van der Waals surface area contributed by atoms with Crippen LogP contribution >= 0.6 is 11.3 Å². The maximum absolute atomic E-state index is 12.2. The molecule has 1 heterocycles. The lowest BCUT2D eigenvalue weighted by molar-refractivity contribution is -0.116. The maximum Gasteiger partial charge on any atom is 0.251 e. The van der Waals surface area contributed by atoms with Crippen molar-refractivity contribution < 1.29 is 9.59 Å². The molecule has 0 atom stereocenters. The fourth-order valence-corrected chi connectivity index (χ4v) is 4.66. The number of carbonyl (C=O) groups excluding carboxylic acids is 2. The summed E-state index contributed by atoms with van der Waals surface area (Å²) in [6, 6.07) is 0. The summed E-state index contributed by atoms with van der Waals surface area (Å²) >= 11 is 1.54. The largest absolute Gasteiger partial charge is 0.365 e. The Bertz CT molecular complexity index is 566. The third kappa shape index (κ3) is 5.33. The molecule has 4 nitrogen and oxygen atoms in total. The second kappa shape index (κ2) is 9.82. The molecule has 2 amide bonds. The molecule has 24 heavy (non-hydrogen) atoms. The summed E-state index contributed by atoms with van der Waals surface area (Å²) in [5.74, 6) is -0.412. The molecular weight excluding hydrogens is 320 g/mol. The van der Waals surface area contributed by atoms with E-state index < -0.39 is 5.91 Å². The van der Waals surface area contributed by atoms with Crippen LogP contribution in [0.3, 0.4) is 0 Å². The Morgan fingerprint density at radius 1 is 1.04 bits per heavy atom. The van der Waals surface area contributed by atoms with Gasteiger partial charge in [0.05, 0.1) is 5.56 Å². The molecule has 1 aromatic heterocycles. The van der Waals surface area contributed by atoms with Gasteiger partial charge in [0.2, 0.25) is 5.91 Å². The molecule has 0 bridgehead atoms. The van der Waals surface area contributed by atoms with Crippen molar-refractivity contribution in [2.75, 3.05) is 5.32 Å². The number of hydrogen-bond donors (Lipinski definition) is 2. The molecule has 0 spiro atoms. The third-order valence-electron chi connectivity index (χ3n) is 4.68. The van der Waals surface area contributed by atoms with E-state index in [-0.39, 0.29) is 5.91 Å². The molecule has 0 saturated carbocycles. The van der Waals surface area contributed by atoms with Gasteiger partial charge in [-0.1, -0.05) is 45.4 Å². The monoisotopic (exact) mass is 350 g/mol. The van der Waals surface area contributed by atoms with E-state index in [2.05, 4.69) is 12.2 Å². The van der Waals surface area contributed by atoms with Crippen molar-refractivity contribution in [3.8, 4) is 0 Å². The number of carbonyl (C=O) groups is 2. The Morgan fingerprint density at radius 3 is 2.42 bits per heavy atom. The van der Waals surface area contributed by atoms with Crippen molar-refractivity contribution in [2.24, 2.45) is 5.73 Å². The topological polar surface area (TPSA) is 72.2 Å². The van der Waals surface area contributed by atoms with Gasteiger partial charge in [0.15, 0.2) is 0 Å². The highest BCUT2D eigenvalue weighted by Crippen LogP contribution is 2.37. The van der Waals surface area contributed by atoms with Gasteiger partial charge in [-0.2, -0.15) is 0 Å². The van der Waals surface area contributed by atoms with Crippen LogP contribution in [0, 0.1) is 0 Å². The highest BCUT2D eigenvalue weighted by atomic mass is 32.1. The van der Waals surface area contributed by atoms with Crippen LogP contribution in [0.25, 0.3) is 0 Å². The van der Waals surface area contributed by atoms with E-state index >= 15 is 0 Å². The van der Waals surface area contributed by atoms with Crippen LogP contribution in [0.1, 0.15) is 91.9 Å². The minimum absolute atomic E-state index is 0.00431. The first kappa shape index (κ1) is 19.0. The third-order valence-corrected chi connectivity index (χ3v) is 5.89. The highest BCUT2D eigenvalue weighted by Gasteiger charge is 2.24. The number of primary amides is 1. The average Bonchev–Trinajstić information content (AvgIpc) is 2.91. The van der Waals surface area contributed by atoms with Gasteiger partial charge in [0, 0.05) is 11.3 Å². The number of nitrogens with one attached hydrogen (secondary N) is 1. The van der Waals surface area contributed by atoms with Gasteiger partial charge in [0.1, 0.15) is 5.00 Å². The summed E-state index contributed by atoms with van der Waals surface area (Å²) in [6.45, 7) is 2.22. The highest BCUT2D eigenvalue weighted by molar-refractivity contribution is 7.17. The van der Waals surface area contributed by atoms with Crippen LogP contribution in [0.4, 0.5) is 5.00 Å². The Kier molecular flexibility index (Phi) is 7.76. The van der Waals surface area contributed by atoms with Crippen molar-refractivity contribution in [1.29, 1.82) is 0 Å². The van der Waals surface area contributed by atoms with Crippen molar-refractivity contribution in [1.82, 2.24) is 0 Å². The summed E-state index contributed by atoms with van der Waals surface area (Å²) in [4.78, 5) is 25.2. The molecule has 5 heteroatoms. The van der Waals surface area contributed by atoms with Gasteiger partial charge in [-0.05, 0) is 37.7 Å². The zero-order chi connectivity index (χ0) is 17.4. The van der Waals surface area contributed by atoms with Crippen LogP contribution < -0.4 is 11.1 Å². The summed E-state index contributed by atoms with van der Waals surface area (Å²) in [6.07, 6.45) is 13.0. The number of anilines is 1. The molecule has 0 fully saturated rings. The van der Waals surface area contributed by atoms with Crippen LogP contribution in [0.15, 0.2) is 0 Å². The number of amides is 2. The number of unbranched alkanes of at least 4 members (excludes halogenated alkanes) is 6. The summed E-state index contributed by atoms with van der Waals surface area (Å²) < 4.78 is 0. The maximum atomic E-state index is 12.2. The van der Waals surface area contributed by atoms with Crippen LogP contribution in [-0.2, 0) is 17.6 Å². The quantitative estimate of drug-likeness (QED) is 0.595. The van der Waals surface area contributed by atoms with E-state index in [4.69, 9.17) is 5.73 Å². The first-order chi connectivity index (χ1) is 11.6. The Labute approximate surface area is 149 Å². The molecule has 2 rings (SSSR count). The first-order valence-electron chi connectivity index (χ1n) is 9.37. The Morgan fingerprint density at radius 2 is 1.71 bits per heavy atom. The van der Waals surface area contributed by atoms with Gasteiger partial charge in [-0.15, -0.1) is 11.3 Å². The second-order valence-electron chi connectivity index (χ2n) is 6.70. The van der Waals surface area contributed by atoms with Crippen LogP contribution in [0.2, 0.25) is 0 Å². The minimum Gasteiger partial charge on any atom is -0.365 e. The zero-order valence-corrected chi connectivity index (χ0v) is 15.6. The van der Waals surface area contributed by atoms with Crippen LogP contribution in [-0.4, -0.2) is 11.8 Å². The number of hydrogen-bond acceptors (Lipinski definition) is 3. The van der Waals surface area contributed by atoms with E-state index in [1.54, 1.807) is 0 Å². The molecule has 0 radical (unpaired) electrons. The van der Waals surface area contributed by atoms with Gasteiger partial charge < -0.3 is 11.1 Å². The smallest absolute Gasteiger partial charge is 0.251 e. The molecule has 0 unspecified atom stereocenters. The van der Waals surface area contributed by atoms with E-state index in [0.29, 0.717) is 17.0 Å². The van der Waals surface area contributed by atoms with Gasteiger partial charge >= 0.3 is 0 Å². The fraction of sp³-hybridized carbons (Fsp3) is 0.684. The van der Waals surface area contributed by atoms with Crippen molar-refractivity contribution in [3.05, 3.63) is 16.0 Å². The number of rotatable bonds is 10. The lowest BCUT2D eigenvalue weighted by Gasteiger charge is -2.11. The first-order valence-corrected chi connectivity index (χ1v) is 10.2. The summed E-state index contributed by atoms with van der Waals surface area (Å²) in [7, 11) is 0. The number of fused-ring (bicyclic) bond motifs is 1. The minimum atomic E-state index is -0.416. The molecular formula is C19H30N2O2S. The molecule has 0 aromatic carbocycles. The Balaban J connectivity index is 1.81. The van der Waals surface area contributed by atoms with Gasteiger partial charge in [0.25, 0.3) is 5.91 Å². The number of thiophene rings is 1. The van der Waals surface area contributed by atoms with Gasteiger partial charge in [-0.3, -0.25) is 9.59 Å². The average molecular weight is 351 g/mol. The number of nitrogens with two attached hydrogens (primary N) is 1. The van der Waals surface area contributed by atoms with Crippen molar-refractivity contribution in [2.45, 2.75) is 84.0 Å². The van der Waals surface area contributed by atoms with Crippen LogP contribution in [0.5, 0.6) is 0 Å². The van der Waals surface area contributed by atoms with E-state index in [9.17, 15) is 9.59 Å². The summed E-state index contributed by atoms with van der Waals surface area (Å²) in [5.41, 5.74) is 7.19. The summed E-state index contributed by atoms with van der Waals surface area (Å²) in [5, 5.41) is 3.61. The zero-order valence-electron chi connectivity index (χ0n) is 14.8. The lowest BCUT2D eigenvalue weighted by Crippen LogP contribution is -2.18. The molecule has 134 valence electrons.